The molecule has 1 aliphatic carbocycles. The van der Waals surface area contributed by atoms with Gasteiger partial charge in [-0.15, -0.1) is 11.6 Å². The number of pyridine rings is 1. The van der Waals surface area contributed by atoms with Crippen LogP contribution in [0.15, 0.2) is 29.5 Å². The molecule has 1 fully saturated rings. The van der Waals surface area contributed by atoms with Crippen molar-refractivity contribution in [3.8, 4) is 0 Å². The predicted molar refractivity (Wildman–Crippen MR) is 122 cm³/mol. The summed E-state index contributed by atoms with van der Waals surface area (Å²) in [5.74, 6) is 1.24. The number of allylic oxidation sites excluding steroid dienone is 1. The molecule has 1 amide bonds. The molecule has 0 bridgehead atoms. The molecule has 0 spiro atoms. The van der Waals surface area contributed by atoms with Gasteiger partial charge in [0.2, 0.25) is 5.95 Å². The van der Waals surface area contributed by atoms with Crippen LogP contribution < -0.4 is 5.32 Å². The third-order valence-corrected chi connectivity index (χ3v) is 6.35. The summed E-state index contributed by atoms with van der Waals surface area (Å²) < 4.78 is 0. The molecule has 3 aliphatic rings. The molecule has 160 valence electrons. The number of fused-ring (bicyclic) bond motifs is 1. The maximum Gasteiger partial charge on any atom is 0.259 e. The van der Waals surface area contributed by atoms with E-state index in [2.05, 4.69) is 31.3 Å². The summed E-state index contributed by atoms with van der Waals surface area (Å²) in [5, 5.41) is 2.91. The highest BCUT2D eigenvalue weighted by molar-refractivity contribution is 6.34. The van der Waals surface area contributed by atoms with E-state index < -0.39 is 6.17 Å². The Hall–Kier alpha value is -2.80. The average Bonchev–Trinajstić information content (AvgIpc) is 3.58. The van der Waals surface area contributed by atoms with Gasteiger partial charge in [-0.2, -0.15) is 0 Å². The van der Waals surface area contributed by atoms with E-state index in [4.69, 9.17) is 11.6 Å². The Morgan fingerprint density at radius 1 is 1.23 bits per heavy atom. The molecule has 31 heavy (non-hydrogen) atoms. The summed E-state index contributed by atoms with van der Waals surface area (Å²) in [6, 6.07) is 2.09. The number of alkyl halides is 1. The number of carbonyl (C=O) groups excluding carboxylic acids is 1. The van der Waals surface area contributed by atoms with Crippen LogP contribution in [-0.2, 0) is 6.42 Å². The summed E-state index contributed by atoms with van der Waals surface area (Å²) >= 11 is 6.54. The number of hydrogen-bond donors (Lipinski definition) is 1. The third kappa shape index (κ3) is 4.06. The van der Waals surface area contributed by atoms with Crippen LogP contribution in [0.1, 0.15) is 45.7 Å². The van der Waals surface area contributed by atoms with Gasteiger partial charge in [0, 0.05) is 43.7 Å². The maximum atomic E-state index is 13.2. The first-order valence-electron chi connectivity index (χ1n) is 10.7. The lowest BCUT2D eigenvalue weighted by atomic mass is 9.99. The molecule has 2 unspecified atom stereocenters. The number of aromatic nitrogens is 3. The number of carbonyl (C=O) groups is 1. The lowest BCUT2D eigenvalue weighted by Gasteiger charge is -2.33. The summed E-state index contributed by atoms with van der Waals surface area (Å²) in [6.07, 6.45) is 9.92. The number of anilines is 1. The van der Waals surface area contributed by atoms with Crippen molar-refractivity contribution >= 4 is 35.2 Å². The Balaban J connectivity index is 1.38. The van der Waals surface area contributed by atoms with Crippen LogP contribution in [0.2, 0.25) is 0 Å². The highest BCUT2D eigenvalue weighted by atomic mass is 35.5. The van der Waals surface area contributed by atoms with Crippen LogP contribution in [0.4, 0.5) is 5.95 Å². The van der Waals surface area contributed by atoms with Gasteiger partial charge >= 0.3 is 0 Å². The minimum absolute atomic E-state index is 0.102. The minimum atomic E-state index is -0.416. The average molecular weight is 437 g/mol. The van der Waals surface area contributed by atoms with Crippen molar-refractivity contribution in [2.45, 2.75) is 44.7 Å². The van der Waals surface area contributed by atoms with Gasteiger partial charge in [-0.05, 0) is 49.8 Å². The van der Waals surface area contributed by atoms with E-state index in [0.29, 0.717) is 24.5 Å². The Kier molecular flexibility index (Phi) is 5.22. The molecule has 5 rings (SSSR count). The number of aliphatic imine (C=N–C) groups is 1. The zero-order valence-electron chi connectivity index (χ0n) is 17.7. The highest BCUT2D eigenvalue weighted by Crippen LogP contribution is 2.31. The predicted octanol–water partition coefficient (Wildman–Crippen LogP) is 3.41. The summed E-state index contributed by atoms with van der Waals surface area (Å²) in [5.41, 5.74) is 5.23. The molecule has 2 aromatic heterocycles. The van der Waals surface area contributed by atoms with Gasteiger partial charge in [0.15, 0.2) is 0 Å². The molecule has 2 atom stereocenters. The number of aryl methyl sites for hydroxylation is 2. The molecule has 1 saturated carbocycles. The maximum absolute atomic E-state index is 13.2. The molecule has 7 nitrogen and oxygen atoms in total. The first-order chi connectivity index (χ1) is 15.0. The Labute approximate surface area is 186 Å². The number of nitrogens with one attached hydrogen (secondary N) is 1. The van der Waals surface area contributed by atoms with Gasteiger partial charge in [-0.1, -0.05) is 6.07 Å². The molecular weight excluding hydrogens is 412 g/mol. The van der Waals surface area contributed by atoms with Gasteiger partial charge < -0.3 is 10.2 Å². The van der Waals surface area contributed by atoms with E-state index >= 15 is 0 Å². The Bertz CT molecular complexity index is 1090. The van der Waals surface area contributed by atoms with Gasteiger partial charge in [0.25, 0.3) is 5.91 Å². The van der Waals surface area contributed by atoms with Crippen LogP contribution in [0.5, 0.6) is 0 Å². The van der Waals surface area contributed by atoms with Crippen LogP contribution in [-0.4, -0.2) is 56.6 Å². The minimum Gasteiger partial charge on any atom is -0.354 e. The van der Waals surface area contributed by atoms with Crippen LogP contribution in [0.3, 0.4) is 0 Å². The van der Waals surface area contributed by atoms with Gasteiger partial charge in [-0.3, -0.25) is 14.8 Å². The first kappa shape index (κ1) is 20.1. The van der Waals surface area contributed by atoms with Crippen molar-refractivity contribution in [3.63, 3.8) is 0 Å². The molecule has 4 heterocycles. The quantitative estimate of drug-likeness (QED) is 0.726. The molecule has 8 heteroatoms. The van der Waals surface area contributed by atoms with Gasteiger partial charge in [-0.25, -0.2) is 9.97 Å². The summed E-state index contributed by atoms with van der Waals surface area (Å²) in [4.78, 5) is 33.0. The molecule has 2 aliphatic heterocycles. The lowest BCUT2D eigenvalue weighted by Crippen LogP contribution is -2.44. The van der Waals surface area contributed by atoms with Crippen molar-refractivity contribution in [1.29, 1.82) is 0 Å². The van der Waals surface area contributed by atoms with Crippen molar-refractivity contribution < 1.29 is 4.79 Å². The number of amides is 1. The number of hydrogen-bond acceptors (Lipinski definition) is 6. The van der Waals surface area contributed by atoms with Crippen LogP contribution in [0.25, 0.3) is 5.57 Å². The van der Waals surface area contributed by atoms with Gasteiger partial charge in [0.1, 0.15) is 6.17 Å². The Morgan fingerprint density at radius 2 is 2.06 bits per heavy atom. The molecule has 2 aromatic rings. The molecule has 0 radical (unpaired) electrons. The van der Waals surface area contributed by atoms with Crippen molar-refractivity contribution in [3.05, 3.63) is 52.6 Å². The van der Waals surface area contributed by atoms with Crippen molar-refractivity contribution in [2.24, 2.45) is 10.9 Å². The van der Waals surface area contributed by atoms with Crippen LogP contribution in [0, 0.1) is 19.8 Å². The summed E-state index contributed by atoms with van der Waals surface area (Å²) in [7, 11) is 0. The normalized spacial score (nSPS) is 22.9. The fourth-order valence-electron chi connectivity index (χ4n) is 4.10. The van der Waals surface area contributed by atoms with E-state index in [1.165, 1.54) is 12.8 Å². The smallest absolute Gasteiger partial charge is 0.259 e. The van der Waals surface area contributed by atoms with E-state index in [1.807, 2.05) is 26.1 Å². The van der Waals surface area contributed by atoms with E-state index in [0.717, 1.165) is 40.6 Å². The molecule has 0 aromatic carbocycles. The van der Waals surface area contributed by atoms with Gasteiger partial charge in [0.05, 0.1) is 22.3 Å². The topological polar surface area (TPSA) is 83.4 Å². The molecule has 1 N–H and O–H groups in total. The fraction of sp³-hybridized carbons (Fsp3) is 0.435. The lowest BCUT2D eigenvalue weighted by molar-refractivity contribution is 0.0698. The fourth-order valence-corrected chi connectivity index (χ4v) is 4.34. The number of dihydropyridines is 1. The third-order valence-electron chi connectivity index (χ3n) is 6.00. The van der Waals surface area contributed by atoms with Crippen molar-refractivity contribution in [2.75, 3.05) is 18.4 Å². The number of nitrogens with zero attached hydrogens (tertiary/aromatic N) is 5. The zero-order chi connectivity index (χ0) is 21.5. The largest absolute Gasteiger partial charge is 0.354 e. The zero-order valence-corrected chi connectivity index (χ0v) is 18.4. The first-order valence-corrected chi connectivity index (χ1v) is 11.2. The SMILES string of the molecule is Cc1cnc(C2=CC(N3CCc4nc(NCC5CC5)ncc4C3=O)N=CC2Cl)c(C)c1. The molecular formula is C23H25ClN6O. The van der Waals surface area contributed by atoms with E-state index in [9.17, 15) is 4.79 Å². The number of halogens is 1. The van der Waals surface area contributed by atoms with E-state index in [1.54, 1.807) is 17.3 Å². The second kappa shape index (κ2) is 8.04. The standard InChI is InChI=1S/C23H25ClN6O/c1-13-7-14(2)21(26-9-13)16-8-20(25-12-18(16)24)30-6-5-19-17(22(30)31)11-28-23(29-19)27-10-15-3-4-15/h7-9,11-12,15,18,20H,3-6,10H2,1-2H3,(H,27,28,29). The second-order valence-electron chi connectivity index (χ2n) is 8.54. The summed E-state index contributed by atoms with van der Waals surface area (Å²) in [6.45, 7) is 5.48. The highest BCUT2D eigenvalue weighted by Gasteiger charge is 2.33. The molecule has 0 saturated heterocycles. The monoisotopic (exact) mass is 436 g/mol. The Morgan fingerprint density at radius 3 is 2.84 bits per heavy atom. The van der Waals surface area contributed by atoms with Crippen molar-refractivity contribution in [1.82, 2.24) is 19.9 Å². The number of rotatable bonds is 5. The second-order valence-corrected chi connectivity index (χ2v) is 9.01. The van der Waals surface area contributed by atoms with Crippen LogP contribution >= 0.6 is 11.6 Å². The van der Waals surface area contributed by atoms with E-state index in [-0.39, 0.29) is 11.3 Å².